The number of carbonyl (C=O) groups excluding carboxylic acids is 2. The molecule has 3 atom stereocenters. The van der Waals surface area contributed by atoms with Crippen molar-refractivity contribution in [3.8, 4) is 5.75 Å². The van der Waals surface area contributed by atoms with Crippen molar-refractivity contribution < 1.29 is 28.7 Å². The Hall–Kier alpha value is -3.98. The Balaban J connectivity index is 1.54. The van der Waals surface area contributed by atoms with E-state index >= 15 is 0 Å². The number of methoxy groups -OCH3 is 1. The third-order valence-corrected chi connectivity index (χ3v) is 7.46. The highest BCUT2D eigenvalue weighted by Crippen LogP contribution is 2.47. The second kappa shape index (κ2) is 10.8. The number of ketones is 1. The summed E-state index contributed by atoms with van der Waals surface area (Å²) in [6, 6.07) is 13.7. The van der Waals surface area contributed by atoms with Crippen LogP contribution in [-0.4, -0.2) is 43.1 Å². The first kappa shape index (κ1) is 25.7. The predicted octanol–water partition coefficient (Wildman–Crippen LogP) is 4.69. The summed E-state index contributed by atoms with van der Waals surface area (Å²) in [5.41, 5.74) is 3.33. The number of benzene rings is 2. The molecule has 38 heavy (non-hydrogen) atoms. The Morgan fingerprint density at radius 3 is 2.74 bits per heavy atom. The molecule has 9 heteroatoms. The average molecular weight is 519 g/mol. The minimum atomic E-state index is -0.783. The maximum Gasteiger partial charge on any atom is 0.336 e. The van der Waals surface area contributed by atoms with Gasteiger partial charge in [0.2, 0.25) is 0 Å². The third-order valence-electron chi connectivity index (χ3n) is 7.46. The van der Waals surface area contributed by atoms with E-state index in [9.17, 15) is 19.7 Å². The molecule has 1 fully saturated rings. The first-order chi connectivity index (χ1) is 18.4. The second-order valence-corrected chi connectivity index (χ2v) is 9.84. The summed E-state index contributed by atoms with van der Waals surface area (Å²) >= 11 is 0. The number of nitrogens with zero attached hydrogens (tertiary/aromatic N) is 1. The summed E-state index contributed by atoms with van der Waals surface area (Å²) in [5.74, 6) is -0.868. The lowest BCUT2D eigenvalue weighted by Gasteiger charge is -2.37. The Morgan fingerprint density at radius 1 is 1.18 bits per heavy atom. The minimum Gasteiger partial charge on any atom is -0.496 e. The lowest BCUT2D eigenvalue weighted by molar-refractivity contribution is -0.384. The molecule has 0 unspecified atom stereocenters. The van der Waals surface area contributed by atoms with E-state index in [-0.39, 0.29) is 42.1 Å². The molecule has 0 spiro atoms. The fraction of sp³-hybridized carbons (Fsp3) is 0.379. The summed E-state index contributed by atoms with van der Waals surface area (Å²) in [4.78, 5) is 38.3. The zero-order valence-corrected chi connectivity index (χ0v) is 21.4. The van der Waals surface area contributed by atoms with Gasteiger partial charge in [0.05, 0.1) is 23.7 Å². The van der Waals surface area contributed by atoms with E-state index in [4.69, 9.17) is 14.2 Å². The molecule has 198 valence electrons. The zero-order valence-electron chi connectivity index (χ0n) is 21.4. The van der Waals surface area contributed by atoms with Gasteiger partial charge in [-0.1, -0.05) is 30.3 Å². The zero-order chi connectivity index (χ0) is 26.8. The molecule has 5 rings (SSSR count). The number of nitro groups is 1. The molecule has 0 radical (unpaired) electrons. The number of hydrogen-bond acceptors (Lipinski definition) is 8. The number of Topliss-reactive ketones (excluding diaryl/α,β-unsaturated/α-hetero) is 1. The Kier molecular flexibility index (Phi) is 7.28. The van der Waals surface area contributed by atoms with E-state index in [1.54, 1.807) is 26.2 Å². The van der Waals surface area contributed by atoms with Gasteiger partial charge in [-0.25, -0.2) is 4.79 Å². The molecule has 2 aromatic carbocycles. The maximum atomic E-state index is 13.8. The van der Waals surface area contributed by atoms with E-state index in [0.29, 0.717) is 41.3 Å². The minimum absolute atomic E-state index is 0.108. The number of nitrogens with one attached hydrogen (secondary N) is 1. The van der Waals surface area contributed by atoms with Crippen LogP contribution < -0.4 is 10.1 Å². The van der Waals surface area contributed by atoms with Crippen LogP contribution in [0.2, 0.25) is 0 Å². The molecule has 0 bridgehead atoms. The summed E-state index contributed by atoms with van der Waals surface area (Å²) in [7, 11) is 1.60. The summed E-state index contributed by atoms with van der Waals surface area (Å²) in [6.45, 7) is 2.53. The quantitative estimate of drug-likeness (QED) is 0.319. The van der Waals surface area contributed by atoms with Crippen molar-refractivity contribution in [3.63, 3.8) is 0 Å². The van der Waals surface area contributed by atoms with Crippen LogP contribution >= 0.6 is 0 Å². The highest BCUT2D eigenvalue weighted by molar-refractivity contribution is 6.04. The number of dihydropyridines is 1. The smallest absolute Gasteiger partial charge is 0.336 e. The van der Waals surface area contributed by atoms with Gasteiger partial charge in [0.25, 0.3) is 5.69 Å². The van der Waals surface area contributed by atoms with Gasteiger partial charge in [0.15, 0.2) is 5.78 Å². The summed E-state index contributed by atoms with van der Waals surface area (Å²) < 4.78 is 16.8. The molecular weight excluding hydrogens is 488 g/mol. The van der Waals surface area contributed by atoms with E-state index < -0.39 is 16.8 Å². The van der Waals surface area contributed by atoms with Crippen molar-refractivity contribution in [3.05, 3.63) is 92.3 Å². The fourth-order valence-electron chi connectivity index (χ4n) is 5.71. The maximum absolute atomic E-state index is 13.8. The number of ether oxygens (including phenoxy) is 3. The number of carbonyl (C=O) groups is 2. The van der Waals surface area contributed by atoms with Gasteiger partial charge in [-0.2, -0.15) is 0 Å². The largest absolute Gasteiger partial charge is 0.496 e. The number of nitro benzene ring substituents is 1. The van der Waals surface area contributed by atoms with Gasteiger partial charge in [-0.3, -0.25) is 14.9 Å². The van der Waals surface area contributed by atoms with E-state index in [0.717, 1.165) is 18.4 Å². The number of non-ortho nitro benzene ring substituents is 1. The normalized spacial score (nSPS) is 23.1. The van der Waals surface area contributed by atoms with E-state index in [1.807, 2.05) is 24.3 Å². The number of para-hydroxylation sites is 1. The lowest BCUT2D eigenvalue weighted by Crippen LogP contribution is -2.36. The molecule has 9 nitrogen and oxygen atoms in total. The molecule has 1 saturated heterocycles. The molecule has 0 saturated carbocycles. The number of rotatable bonds is 7. The summed E-state index contributed by atoms with van der Waals surface area (Å²) in [5, 5.41) is 14.9. The molecule has 1 aliphatic carbocycles. The van der Waals surface area contributed by atoms with Crippen LogP contribution in [0.4, 0.5) is 5.69 Å². The van der Waals surface area contributed by atoms with Crippen molar-refractivity contribution in [1.82, 2.24) is 5.32 Å². The van der Waals surface area contributed by atoms with Crippen LogP contribution in [0, 0.1) is 10.1 Å². The van der Waals surface area contributed by atoms with E-state index in [2.05, 4.69) is 5.32 Å². The van der Waals surface area contributed by atoms with Gasteiger partial charge in [-0.15, -0.1) is 0 Å². The third kappa shape index (κ3) is 4.93. The van der Waals surface area contributed by atoms with Crippen molar-refractivity contribution in [2.45, 2.75) is 50.5 Å². The van der Waals surface area contributed by atoms with Gasteiger partial charge < -0.3 is 19.5 Å². The first-order valence-corrected chi connectivity index (χ1v) is 12.8. The highest BCUT2D eigenvalue weighted by Gasteiger charge is 2.42. The summed E-state index contributed by atoms with van der Waals surface area (Å²) in [6.07, 6.45) is 2.34. The molecule has 2 aliphatic heterocycles. The van der Waals surface area contributed by atoms with Crippen LogP contribution in [0.3, 0.4) is 0 Å². The van der Waals surface area contributed by atoms with Crippen molar-refractivity contribution in [1.29, 1.82) is 0 Å². The second-order valence-electron chi connectivity index (χ2n) is 9.84. The van der Waals surface area contributed by atoms with Crippen molar-refractivity contribution in [2.75, 3.05) is 20.3 Å². The van der Waals surface area contributed by atoms with Gasteiger partial charge >= 0.3 is 5.97 Å². The SMILES string of the molecule is COc1ccccc1[C@@H]1CC(=O)C2=C(C1)NC(C)=C(C(=O)OC[C@H]1CCCO1)[C@@H]2c1cccc([N+](=O)[O-])c1. The van der Waals surface area contributed by atoms with Gasteiger partial charge in [0, 0.05) is 54.0 Å². The fourth-order valence-corrected chi connectivity index (χ4v) is 5.71. The molecule has 2 aromatic rings. The monoisotopic (exact) mass is 518 g/mol. The van der Waals surface area contributed by atoms with Crippen LogP contribution in [0.15, 0.2) is 71.1 Å². The van der Waals surface area contributed by atoms with Gasteiger partial charge in [0.1, 0.15) is 12.4 Å². The average Bonchev–Trinajstić information content (AvgIpc) is 3.44. The number of esters is 1. The number of hydrogen-bond donors (Lipinski definition) is 1. The predicted molar refractivity (Wildman–Crippen MR) is 139 cm³/mol. The van der Waals surface area contributed by atoms with Crippen molar-refractivity contribution >= 4 is 17.4 Å². The molecule has 0 aromatic heterocycles. The molecular formula is C29H30N2O7. The van der Waals surface area contributed by atoms with Crippen molar-refractivity contribution in [2.24, 2.45) is 0 Å². The van der Waals surface area contributed by atoms with Crippen LogP contribution in [0.1, 0.15) is 55.6 Å². The standard InChI is InChI=1S/C29H30N2O7/c1-17-26(29(33)38-16-21-9-6-12-37-21)27(18-7-5-8-20(13-18)31(34)35)28-23(30-17)14-19(15-24(28)32)22-10-3-4-11-25(22)36-2/h3-5,7-8,10-11,13,19,21,27,30H,6,9,12,14-16H2,1-2H3/t19-,21+,27-/m0/s1. The molecule has 1 N–H and O–H groups in total. The van der Waals surface area contributed by atoms with E-state index in [1.165, 1.54) is 12.1 Å². The molecule has 3 aliphatic rings. The Labute approximate surface area is 220 Å². The van der Waals surface area contributed by atoms with Gasteiger partial charge in [-0.05, 0) is 43.4 Å². The lowest BCUT2D eigenvalue weighted by atomic mass is 9.71. The van der Waals surface area contributed by atoms with Crippen LogP contribution in [0.25, 0.3) is 0 Å². The molecule has 2 heterocycles. The first-order valence-electron chi connectivity index (χ1n) is 12.8. The Morgan fingerprint density at radius 2 is 2.00 bits per heavy atom. The Bertz CT molecular complexity index is 1340. The highest BCUT2D eigenvalue weighted by atomic mass is 16.6. The van der Waals surface area contributed by atoms with Crippen LogP contribution in [-0.2, 0) is 19.1 Å². The van der Waals surface area contributed by atoms with Crippen LogP contribution in [0.5, 0.6) is 5.75 Å². The topological polar surface area (TPSA) is 117 Å². The molecule has 0 amide bonds. The number of allylic oxidation sites excluding steroid dienone is 3.